The Morgan fingerprint density at radius 3 is 0.690 bits per heavy atom. The zero-order chi connectivity index (χ0) is 31.9. The van der Waals surface area contributed by atoms with E-state index in [1.807, 2.05) is 0 Å². The van der Waals surface area contributed by atoms with Crippen LogP contribution in [-0.2, 0) is 4.57 Å². The predicted molar refractivity (Wildman–Crippen MR) is 200 cm³/mol. The highest BCUT2D eigenvalue weighted by Gasteiger charge is 1.97. The van der Waals surface area contributed by atoms with Crippen LogP contribution in [0.15, 0.2) is 0 Å². The van der Waals surface area contributed by atoms with Crippen LogP contribution >= 0.6 is 33.5 Å². The van der Waals surface area contributed by atoms with Gasteiger partial charge in [0.25, 0.3) is 0 Å². The zero-order valence-corrected chi connectivity index (χ0v) is 31.9. The standard InChI is InChI=1S/2C18H38S.H3O3P/c2*1-3-4-5-6-7-8-9-10-11-12-13-14-15-16-17-18(2)19;1-4(2)3/h2*18-19H,3-17H2,1-2H3;4H,(H2,1,2,3). The van der Waals surface area contributed by atoms with Crippen molar-refractivity contribution < 1.29 is 14.4 Å². The van der Waals surface area contributed by atoms with E-state index in [9.17, 15) is 0 Å². The lowest BCUT2D eigenvalue weighted by molar-refractivity contribution is 0.405. The Morgan fingerprint density at radius 2 is 0.548 bits per heavy atom. The molecule has 0 bridgehead atoms. The fourth-order valence-electron chi connectivity index (χ4n) is 5.27. The normalized spacial score (nSPS) is 12.4. The molecule has 0 aliphatic rings. The summed E-state index contributed by atoms with van der Waals surface area (Å²) in [6.45, 7) is 8.98. The quantitative estimate of drug-likeness (QED) is 0.0354. The van der Waals surface area contributed by atoms with Gasteiger partial charge in [0.2, 0.25) is 0 Å². The molecule has 0 aromatic rings. The fraction of sp³-hybridized carbons (Fsp3) is 1.00. The highest BCUT2D eigenvalue weighted by Crippen LogP contribution is 2.16. The van der Waals surface area contributed by atoms with Crippen LogP contribution in [0.3, 0.4) is 0 Å². The second-order valence-electron chi connectivity index (χ2n) is 12.8. The van der Waals surface area contributed by atoms with Crippen molar-refractivity contribution in [2.45, 2.75) is 231 Å². The Bertz CT molecular complexity index is 439. The maximum Gasteiger partial charge on any atom is 0.314 e. The second-order valence-corrected chi connectivity index (χ2v) is 15.1. The molecule has 2 atom stereocenters. The fourth-order valence-corrected chi connectivity index (χ4v) is 5.63. The molecule has 0 saturated carbocycles. The number of thiol groups is 2. The first-order chi connectivity index (χ1) is 20.3. The van der Waals surface area contributed by atoms with Crippen molar-refractivity contribution in [2.24, 2.45) is 0 Å². The average molecular weight is 655 g/mol. The Balaban J connectivity index is -0.000000641. The summed E-state index contributed by atoms with van der Waals surface area (Å²) in [5.74, 6) is 0. The van der Waals surface area contributed by atoms with Crippen molar-refractivity contribution >= 4 is 33.5 Å². The lowest BCUT2D eigenvalue weighted by Crippen LogP contribution is -1.90. The van der Waals surface area contributed by atoms with Crippen LogP contribution in [0.5, 0.6) is 0 Å². The summed E-state index contributed by atoms with van der Waals surface area (Å²) in [4.78, 5) is 14.3. The SMILES string of the molecule is CCCCCCCCCCCCCCCCC(C)S.CCCCCCCCCCCCCCCCC(C)S.O=[PH](O)O. The lowest BCUT2D eigenvalue weighted by Gasteiger charge is -2.04. The molecule has 0 rings (SSSR count). The van der Waals surface area contributed by atoms with E-state index in [1.165, 1.54) is 193 Å². The molecule has 0 amide bonds. The molecular formula is C36H79O3PS2. The zero-order valence-electron chi connectivity index (χ0n) is 29.1. The van der Waals surface area contributed by atoms with E-state index in [-0.39, 0.29) is 0 Å². The van der Waals surface area contributed by atoms with Crippen LogP contribution in [-0.4, -0.2) is 20.3 Å². The number of hydrogen-bond donors (Lipinski definition) is 4. The largest absolute Gasteiger partial charge is 0.326 e. The molecular weight excluding hydrogens is 576 g/mol. The number of rotatable bonds is 30. The summed E-state index contributed by atoms with van der Waals surface area (Å²) in [7, 11) is -3.13. The van der Waals surface area contributed by atoms with Gasteiger partial charge in [0, 0.05) is 0 Å². The molecule has 2 N–H and O–H groups in total. The third-order valence-electron chi connectivity index (χ3n) is 7.95. The number of unbranched alkanes of at least 4 members (excludes halogenated alkanes) is 26. The maximum absolute atomic E-state index is 8.74. The first-order valence-electron chi connectivity index (χ1n) is 18.6. The first-order valence-corrected chi connectivity index (χ1v) is 20.9. The van der Waals surface area contributed by atoms with E-state index >= 15 is 0 Å². The summed E-state index contributed by atoms with van der Waals surface area (Å²) in [5, 5.41) is 1.19. The third kappa shape index (κ3) is 60.1. The topological polar surface area (TPSA) is 57.5 Å². The summed E-state index contributed by atoms with van der Waals surface area (Å²) in [5.41, 5.74) is 0. The molecule has 0 spiro atoms. The van der Waals surface area contributed by atoms with Crippen LogP contribution in [0.2, 0.25) is 0 Å². The molecule has 0 aromatic heterocycles. The van der Waals surface area contributed by atoms with Crippen molar-refractivity contribution in [1.29, 1.82) is 0 Å². The van der Waals surface area contributed by atoms with Gasteiger partial charge in [-0.05, 0) is 23.3 Å². The van der Waals surface area contributed by atoms with Gasteiger partial charge in [-0.2, -0.15) is 25.3 Å². The van der Waals surface area contributed by atoms with Gasteiger partial charge in [-0.15, -0.1) is 0 Å². The lowest BCUT2D eigenvalue weighted by atomic mass is 10.0. The van der Waals surface area contributed by atoms with Crippen molar-refractivity contribution in [2.75, 3.05) is 0 Å². The van der Waals surface area contributed by atoms with Crippen LogP contribution in [0.4, 0.5) is 0 Å². The highest BCUT2D eigenvalue weighted by molar-refractivity contribution is 7.81. The molecule has 0 aliphatic heterocycles. The molecule has 0 fully saturated rings. The summed E-state index contributed by atoms with van der Waals surface area (Å²) in [6.07, 6.45) is 43.1. The highest BCUT2D eigenvalue weighted by atomic mass is 32.1. The first kappa shape index (κ1) is 47.3. The minimum absolute atomic E-state index is 0.595. The third-order valence-corrected chi connectivity index (χ3v) is 8.47. The van der Waals surface area contributed by atoms with E-state index in [0.717, 1.165) is 0 Å². The Hall–Kier alpha value is 0.850. The predicted octanol–water partition coefficient (Wildman–Crippen LogP) is 13.7. The smallest absolute Gasteiger partial charge is 0.314 e. The Kier molecular flexibility index (Phi) is 49.5. The molecule has 0 saturated heterocycles. The van der Waals surface area contributed by atoms with Crippen molar-refractivity contribution in [3.05, 3.63) is 0 Å². The summed E-state index contributed by atoms with van der Waals surface area (Å²) >= 11 is 8.83. The maximum atomic E-state index is 8.74. The van der Waals surface area contributed by atoms with E-state index in [0.29, 0.717) is 10.5 Å². The Morgan fingerprint density at radius 1 is 0.405 bits per heavy atom. The van der Waals surface area contributed by atoms with E-state index in [1.54, 1.807) is 0 Å². The number of hydrogen-bond acceptors (Lipinski definition) is 3. The average Bonchev–Trinajstić information content (AvgIpc) is 2.93. The summed E-state index contributed by atoms with van der Waals surface area (Å²) in [6, 6.07) is 0. The molecule has 2 unspecified atom stereocenters. The van der Waals surface area contributed by atoms with Gasteiger partial charge >= 0.3 is 8.25 Å². The van der Waals surface area contributed by atoms with Crippen molar-refractivity contribution in [1.82, 2.24) is 0 Å². The van der Waals surface area contributed by atoms with Gasteiger partial charge in [-0.3, -0.25) is 4.57 Å². The van der Waals surface area contributed by atoms with Gasteiger partial charge in [0.1, 0.15) is 0 Å². The molecule has 42 heavy (non-hydrogen) atoms. The van der Waals surface area contributed by atoms with Crippen LogP contribution in [0, 0.1) is 0 Å². The minimum Gasteiger partial charge on any atom is -0.326 e. The molecule has 6 heteroatoms. The van der Waals surface area contributed by atoms with Crippen LogP contribution in [0.1, 0.15) is 220 Å². The van der Waals surface area contributed by atoms with Crippen LogP contribution in [0.25, 0.3) is 0 Å². The van der Waals surface area contributed by atoms with Crippen molar-refractivity contribution in [3.8, 4) is 0 Å². The molecule has 258 valence electrons. The monoisotopic (exact) mass is 655 g/mol. The van der Waals surface area contributed by atoms with Gasteiger partial charge in [-0.1, -0.05) is 207 Å². The van der Waals surface area contributed by atoms with E-state index < -0.39 is 8.25 Å². The molecule has 3 nitrogen and oxygen atoms in total. The molecule has 0 aromatic carbocycles. The molecule has 0 heterocycles. The van der Waals surface area contributed by atoms with Gasteiger partial charge in [0.05, 0.1) is 0 Å². The summed E-state index contributed by atoms with van der Waals surface area (Å²) < 4.78 is 8.74. The van der Waals surface area contributed by atoms with Crippen LogP contribution < -0.4 is 0 Å². The minimum atomic E-state index is -3.13. The second kappa shape index (κ2) is 44.0. The van der Waals surface area contributed by atoms with E-state index in [4.69, 9.17) is 14.4 Å². The molecule has 0 aliphatic carbocycles. The Labute approximate surface area is 277 Å². The van der Waals surface area contributed by atoms with Gasteiger partial charge in [-0.25, -0.2) is 0 Å². The van der Waals surface area contributed by atoms with Gasteiger partial charge < -0.3 is 9.79 Å². The van der Waals surface area contributed by atoms with E-state index in [2.05, 4.69) is 53.0 Å². The van der Waals surface area contributed by atoms with Gasteiger partial charge in [0.15, 0.2) is 0 Å². The molecule has 0 radical (unpaired) electrons. The van der Waals surface area contributed by atoms with Crippen molar-refractivity contribution in [3.63, 3.8) is 0 Å².